The van der Waals surface area contributed by atoms with E-state index in [0.29, 0.717) is 13.2 Å². The van der Waals surface area contributed by atoms with Gasteiger partial charge in [-0.05, 0) is 49.2 Å². The first kappa shape index (κ1) is 15.1. The fraction of sp³-hybridized carbons (Fsp3) is 0.294. The second-order valence-corrected chi connectivity index (χ2v) is 5.65. The fourth-order valence-corrected chi connectivity index (χ4v) is 2.82. The van der Waals surface area contributed by atoms with E-state index in [1.165, 1.54) is 11.1 Å². The normalized spacial score (nSPS) is 12.2. The van der Waals surface area contributed by atoms with Crippen molar-refractivity contribution in [2.75, 3.05) is 13.2 Å². The van der Waals surface area contributed by atoms with Gasteiger partial charge < -0.3 is 10.5 Å². The number of benzene rings is 2. The van der Waals surface area contributed by atoms with Crippen LogP contribution in [-0.4, -0.2) is 13.2 Å². The molecule has 0 saturated heterocycles. The highest BCUT2D eigenvalue weighted by molar-refractivity contribution is 9.10. The van der Waals surface area contributed by atoms with Crippen molar-refractivity contribution >= 4 is 15.9 Å². The molecule has 0 heterocycles. The number of halogens is 1. The Balaban J connectivity index is 2.24. The molecule has 1 unspecified atom stereocenters. The molecule has 2 aromatic carbocycles. The molecule has 20 heavy (non-hydrogen) atoms. The van der Waals surface area contributed by atoms with Crippen LogP contribution in [0.15, 0.2) is 53.0 Å². The monoisotopic (exact) mass is 333 g/mol. The Kier molecular flexibility index (Phi) is 5.62. The van der Waals surface area contributed by atoms with Crippen LogP contribution < -0.4 is 10.5 Å². The summed E-state index contributed by atoms with van der Waals surface area (Å²) in [6.45, 7) is 3.28. The van der Waals surface area contributed by atoms with Crippen LogP contribution in [-0.2, 0) is 6.42 Å². The predicted molar refractivity (Wildman–Crippen MR) is 87.3 cm³/mol. The number of para-hydroxylation sites is 1. The van der Waals surface area contributed by atoms with Crippen LogP contribution in [0.2, 0.25) is 0 Å². The van der Waals surface area contributed by atoms with Crippen molar-refractivity contribution in [1.82, 2.24) is 0 Å². The summed E-state index contributed by atoms with van der Waals surface area (Å²) in [5, 5.41) is 0. The van der Waals surface area contributed by atoms with E-state index < -0.39 is 0 Å². The zero-order valence-corrected chi connectivity index (χ0v) is 13.3. The Labute approximate surface area is 129 Å². The maximum atomic E-state index is 5.99. The Morgan fingerprint density at radius 3 is 2.65 bits per heavy atom. The lowest BCUT2D eigenvalue weighted by Crippen LogP contribution is -2.16. The summed E-state index contributed by atoms with van der Waals surface area (Å²) in [4.78, 5) is 0. The summed E-state index contributed by atoms with van der Waals surface area (Å²) < 4.78 is 6.82. The summed E-state index contributed by atoms with van der Waals surface area (Å²) in [5.41, 5.74) is 8.46. The highest BCUT2D eigenvalue weighted by Crippen LogP contribution is 2.29. The lowest BCUT2D eigenvalue weighted by molar-refractivity contribution is 0.334. The summed E-state index contributed by atoms with van der Waals surface area (Å²) in [7, 11) is 0. The molecule has 2 N–H and O–H groups in total. The van der Waals surface area contributed by atoms with E-state index >= 15 is 0 Å². The first-order valence-corrected chi connectivity index (χ1v) is 7.70. The second kappa shape index (κ2) is 7.46. The van der Waals surface area contributed by atoms with Gasteiger partial charge in [-0.3, -0.25) is 0 Å². The molecule has 0 aliphatic carbocycles. The number of nitrogens with two attached hydrogens (primary N) is 1. The van der Waals surface area contributed by atoms with E-state index in [1.807, 2.05) is 31.2 Å². The standard InChI is InChI=1S/C17H20BrNO/c1-2-20-17-9-4-3-8-16(17)14(12-19)10-13-6-5-7-15(18)11-13/h3-9,11,14H,2,10,12,19H2,1H3. The van der Waals surface area contributed by atoms with Gasteiger partial charge in [0.05, 0.1) is 6.61 Å². The van der Waals surface area contributed by atoms with Crippen LogP contribution in [0.1, 0.15) is 24.0 Å². The molecule has 0 amide bonds. The molecule has 0 aliphatic heterocycles. The van der Waals surface area contributed by atoms with Crippen molar-refractivity contribution in [1.29, 1.82) is 0 Å². The van der Waals surface area contributed by atoms with Gasteiger partial charge in [-0.15, -0.1) is 0 Å². The number of ether oxygens (including phenoxy) is 1. The Morgan fingerprint density at radius 1 is 1.15 bits per heavy atom. The molecule has 0 fully saturated rings. The highest BCUT2D eigenvalue weighted by Gasteiger charge is 2.15. The Morgan fingerprint density at radius 2 is 1.95 bits per heavy atom. The molecule has 2 rings (SSSR count). The SMILES string of the molecule is CCOc1ccccc1C(CN)Cc1cccc(Br)c1. The van der Waals surface area contributed by atoms with Crippen molar-refractivity contribution in [2.45, 2.75) is 19.3 Å². The molecule has 106 valence electrons. The minimum absolute atomic E-state index is 0.270. The van der Waals surface area contributed by atoms with Gasteiger partial charge in [0.2, 0.25) is 0 Å². The molecule has 0 aromatic heterocycles. The van der Waals surface area contributed by atoms with Crippen LogP contribution in [0.4, 0.5) is 0 Å². The van der Waals surface area contributed by atoms with Gasteiger partial charge >= 0.3 is 0 Å². The van der Waals surface area contributed by atoms with E-state index in [0.717, 1.165) is 16.6 Å². The van der Waals surface area contributed by atoms with Gasteiger partial charge in [0, 0.05) is 10.4 Å². The Bertz CT molecular complexity index is 556. The van der Waals surface area contributed by atoms with Crippen molar-refractivity contribution in [2.24, 2.45) is 5.73 Å². The predicted octanol–water partition coefficient (Wildman–Crippen LogP) is 4.13. The van der Waals surface area contributed by atoms with E-state index in [4.69, 9.17) is 10.5 Å². The average Bonchev–Trinajstić information content (AvgIpc) is 2.46. The molecule has 2 aromatic rings. The maximum absolute atomic E-state index is 5.99. The third-order valence-electron chi connectivity index (χ3n) is 3.31. The molecule has 0 bridgehead atoms. The zero-order chi connectivity index (χ0) is 14.4. The van der Waals surface area contributed by atoms with E-state index in [1.54, 1.807) is 0 Å². The first-order chi connectivity index (χ1) is 9.74. The van der Waals surface area contributed by atoms with E-state index in [-0.39, 0.29) is 5.92 Å². The van der Waals surface area contributed by atoms with Crippen LogP contribution in [0.3, 0.4) is 0 Å². The van der Waals surface area contributed by atoms with Crippen molar-refractivity contribution in [3.63, 3.8) is 0 Å². The summed E-state index contributed by atoms with van der Waals surface area (Å²) in [5.74, 6) is 1.22. The Hall–Kier alpha value is -1.32. The first-order valence-electron chi connectivity index (χ1n) is 6.90. The highest BCUT2D eigenvalue weighted by atomic mass is 79.9. The number of hydrogen-bond donors (Lipinski definition) is 1. The number of hydrogen-bond acceptors (Lipinski definition) is 2. The van der Waals surface area contributed by atoms with Crippen LogP contribution in [0.25, 0.3) is 0 Å². The van der Waals surface area contributed by atoms with E-state index in [2.05, 4.69) is 40.2 Å². The largest absolute Gasteiger partial charge is 0.494 e. The lowest BCUT2D eigenvalue weighted by atomic mass is 9.91. The smallest absolute Gasteiger partial charge is 0.122 e. The topological polar surface area (TPSA) is 35.2 Å². The van der Waals surface area contributed by atoms with Crippen LogP contribution in [0.5, 0.6) is 5.75 Å². The second-order valence-electron chi connectivity index (χ2n) is 4.74. The molecule has 2 nitrogen and oxygen atoms in total. The molecular formula is C17H20BrNO. The molecule has 0 spiro atoms. The summed E-state index contributed by atoms with van der Waals surface area (Å²) >= 11 is 3.51. The van der Waals surface area contributed by atoms with Gasteiger partial charge in [0.15, 0.2) is 0 Å². The van der Waals surface area contributed by atoms with Crippen molar-refractivity contribution in [3.05, 3.63) is 64.1 Å². The average molecular weight is 334 g/mol. The molecule has 1 atom stereocenters. The van der Waals surface area contributed by atoms with Crippen molar-refractivity contribution < 1.29 is 4.74 Å². The summed E-state index contributed by atoms with van der Waals surface area (Å²) in [6.07, 6.45) is 0.917. The molecule has 0 saturated carbocycles. The quantitative estimate of drug-likeness (QED) is 0.862. The van der Waals surface area contributed by atoms with Crippen LogP contribution in [0, 0.1) is 0 Å². The van der Waals surface area contributed by atoms with Gasteiger partial charge in [-0.2, -0.15) is 0 Å². The van der Waals surface area contributed by atoms with Gasteiger partial charge in [0.25, 0.3) is 0 Å². The van der Waals surface area contributed by atoms with E-state index in [9.17, 15) is 0 Å². The zero-order valence-electron chi connectivity index (χ0n) is 11.7. The lowest BCUT2D eigenvalue weighted by Gasteiger charge is -2.19. The third kappa shape index (κ3) is 3.84. The molecule has 0 aliphatic rings. The van der Waals surface area contributed by atoms with Gasteiger partial charge in [-0.1, -0.05) is 46.3 Å². The van der Waals surface area contributed by atoms with Gasteiger partial charge in [0.1, 0.15) is 5.75 Å². The molecular weight excluding hydrogens is 314 g/mol. The molecule has 0 radical (unpaired) electrons. The molecule has 3 heteroatoms. The number of rotatable bonds is 6. The van der Waals surface area contributed by atoms with Crippen molar-refractivity contribution in [3.8, 4) is 5.75 Å². The fourth-order valence-electron chi connectivity index (χ4n) is 2.37. The van der Waals surface area contributed by atoms with Crippen LogP contribution >= 0.6 is 15.9 Å². The maximum Gasteiger partial charge on any atom is 0.122 e. The third-order valence-corrected chi connectivity index (χ3v) is 3.81. The minimum Gasteiger partial charge on any atom is -0.494 e. The van der Waals surface area contributed by atoms with Gasteiger partial charge in [-0.25, -0.2) is 0 Å². The minimum atomic E-state index is 0.270. The summed E-state index contributed by atoms with van der Waals surface area (Å²) in [6, 6.07) is 16.5.